The number of quaternary nitrogens is 1. The van der Waals surface area contributed by atoms with E-state index in [0.717, 1.165) is 50.5 Å². The molecule has 0 saturated carbocycles. The highest BCUT2D eigenvalue weighted by Gasteiger charge is 2.30. The molecule has 0 spiro atoms. The van der Waals surface area contributed by atoms with E-state index in [2.05, 4.69) is 4.98 Å². The van der Waals surface area contributed by atoms with Gasteiger partial charge in [-0.1, -0.05) is 19.1 Å². The van der Waals surface area contributed by atoms with E-state index in [9.17, 15) is 18.0 Å². The van der Waals surface area contributed by atoms with Crippen LogP contribution >= 0.6 is 0 Å². The van der Waals surface area contributed by atoms with Crippen molar-refractivity contribution in [3.63, 3.8) is 0 Å². The van der Waals surface area contributed by atoms with E-state index in [4.69, 9.17) is 4.74 Å². The van der Waals surface area contributed by atoms with Crippen molar-refractivity contribution in [1.82, 2.24) is 14.5 Å². The van der Waals surface area contributed by atoms with Crippen molar-refractivity contribution in [1.29, 1.82) is 0 Å². The fourth-order valence-electron chi connectivity index (χ4n) is 3.52. The van der Waals surface area contributed by atoms with Gasteiger partial charge in [0.1, 0.15) is 18.9 Å². The molecule has 9 heteroatoms. The van der Waals surface area contributed by atoms with E-state index < -0.39 is 11.7 Å². The molecule has 0 bridgehead atoms. The number of hydrogen-bond donors (Lipinski definition) is 1. The topological polar surface area (TPSA) is 51.8 Å². The van der Waals surface area contributed by atoms with E-state index in [1.165, 1.54) is 17.0 Å². The molecule has 0 unspecified atom stereocenters. The maximum Gasteiger partial charge on any atom is 0.416 e. The van der Waals surface area contributed by atoms with Gasteiger partial charge in [-0.2, -0.15) is 13.2 Å². The van der Waals surface area contributed by atoms with Crippen LogP contribution in [-0.2, 0) is 28.8 Å². The molecule has 164 valence electrons. The second-order valence-corrected chi connectivity index (χ2v) is 7.45. The number of benzene rings is 1. The molecule has 1 amide bonds. The minimum Gasteiger partial charge on any atom is -0.370 e. The zero-order valence-corrected chi connectivity index (χ0v) is 17.1. The van der Waals surface area contributed by atoms with Gasteiger partial charge >= 0.3 is 6.18 Å². The number of nitrogens with zero attached hydrogens (tertiary/aromatic N) is 3. The zero-order valence-electron chi connectivity index (χ0n) is 17.1. The van der Waals surface area contributed by atoms with Crippen LogP contribution in [0.5, 0.6) is 0 Å². The maximum absolute atomic E-state index is 12.8. The maximum atomic E-state index is 12.8. The molecule has 6 nitrogen and oxygen atoms in total. The van der Waals surface area contributed by atoms with Gasteiger partial charge in [-0.15, -0.1) is 0 Å². The van der Waals surface area contributed by atoms with Gasteiger partial charge in [0.15, 0.2) is 0 Å². The zero-order chi connectivity index (χ0) is 21.6. The highest BCUT2D eigenvalue weighted by molar-refractivity contribution is 5.75. The van der Waals surface area contributed by atoms with Gasteiger partial charge in [0.2, 0.25) is 5.91 Å². The lowest BCUT2D eigenvalue weighted by Gasteiger charge is -2.28. The monoisotopic (exact) mass is 425 g/mol. The largest absolute Gasteiger partial charge is 0.416 e. The van der Waals surface area contributed by atoms with Gasteiger partial charge in [-0.05, 0) is 17.7 Å². The van der Waals surface area contributed by atoms with Gasteiger partial charge in [-0.3, -0.25) is 4.79 Å². The number of nitrogens with one attached hydrogen (secondary N) is 1. The molecule has 1 aromatic heterocycles. The Morgan fingerprint density at radius 2 is 1.93 bits per heavy atom. The smallest absolute Gasteiger partial charge is 0.370 e. The van der Waals surface area contributed by atoms with Gasteiger partial charge in [0, 0.05) is 25.4 Å². The fraction of sp³-hybridized carbons (Fsp3) is 0.524. The standard InChI is InChI=1S/C21H27F3N4O2/c1-2-20(29)28(10-9-26-11-13-30-14-12-26)16-19-25-7-8-27(19)15-17-3-5-18(6-4-17)21(22,23)24/h3-8H,2,9-16H2,1H3/p+1. The average molecular weight is 425 g/mol. The summed E-state index contributed by atoms with van der Waals surface area (Å²) in [5.41, 5.74) is 0.0795. The van der Waals surface area contributed by atoms with Crippen LogP contribution in [0.15, 0.2) is 36.7 Å². The molecule has 0 atom stereocenters. The molecule has 0 aliphatic carbocycles. The molecule has 30 heavy (non-hydrogen) atoms. The van der Waals surface area contributed by atoms with Crippen molar-refractivity contribution in [2.75, 3.05) is 39.4 Å². The first-order valence-electron chi connectivity index (χ1n) is 10.2. The summed E-state index contributed by atoms with van der Waals surface area (Å²) in [5, 5.41) is 0. The number of halogens is 3. The molecule has 2 aromatic rings. The SMILES string of the molecule is CCC(=O)N(CC[NH+]1CCOCC1)Cc1nccn1Cc1ccc(C(F)(F)F)cc1. The van der Waals surface area contributed by atoms with Crippen molar-refractivity contribution in [3.8, 4) is 0 Å². The predicted octanol–water partition coefficient (Wildman–Crippen LogP) is 1.60. The lowest BCUT2D eigenvalue weighted by atomic mass is 10.1. The van der Waals surface area contributed by atoms with Crippen molar-refractivity contribution in [2.45, 2.75) is 32.6 Å². The van der Waals surface area contributed by atoms with Crippen LogP contribution in [0.3, 0.4) is 0 Å². The first-order chi connectivity index (χ1) is 14.4. The molecular formula is C21H28F3N4O2+. The normalized spacial score (nSPS) is 15.3. The summed E-state index contributed by atoms with van der Waals surface area (Å²) in [5.74, 6) is 0.778. The third-order valence-corrected chi connectivity index (χ3v) is 5.36. The molecule has 1 aliphatic heterocycles. The summed E-state index contributed by atoms with van der Waals surface area (Å²) in [6, 6.07) is 5.13. The minimum atomic E-state index is -4.35. The lowest BCUT2D eigenvalue weighted by Crippen LogP contribution is -3.14. The Labute approximate surface area is 174 Å². The lowest BCUT2D eigenvalue weighted by molar-refractivity contribution is -0.907. The molecular weight excluding hydrogens is 397 g/mol. The highest BCUT2D eigenvalue weighted by atomic mass is 19.4. The summed E-state index contributed by atoms with van der Waals surface area (Å²) >= 11 is 0. The number of carbonyl (C=O) groups is 1. The quantitative estimate of drug-likeness (QED) is 0.699. The minimum absolute atomic E-state index is 0.0618. The number of alkyl halides is 3. The molecule has 1 saturated heterocycles. The van der Waals surface area contributed by atoms with Crippen LogP contribution in [0.2, 0.25) is 0 Å². The van der Waals surface area contributed by atoms with Gasteiger partial charge in [0.25, 0.3) is 0 Å². The summed E-state index contributed by atoms with van der Waals surface area (Å²) in [7, 11) is 0. The summed E-state index contributed by atoms with van der Waals surface area (Å²) in [4.78, 5) is 20.1. The molecule has 1 fully saturated rings. The van der Waals surface area contributed by atoms with Crippen molar-refractivity contribution < 1.29 is 27.6 Å². The predicted molar refractivity (Wildman–Crippen MR) is 105 cm³/mol. The molecule has 0 radical (unpaired) electrons. The fourth-order valence-corrected chi connectivity index (χ4v) is 3.52. The molecule has 3 rings (SSSR count). The van der Waals surface area contributed by atoms with E-state index in [-0.39, 0.29) is 5.91 Å². The molecule has 1 N–H and O–H groups in total. The van der Waals surface area contributed by atoms with Crippen LogP contribution < -0.4 is 4.90 Å². The number of carbonyl (C=O) groups excluding carboxylic acids is 1. The van der Waals surface area contributed by atoms with Gasteiger partial charge in [0.05, 0.1) is 38.4 Å². The number of rotatable bonds is 8. The Morgan fingerprint density at radius 3 is 2.57 bits per heavy atom. The highest BCUT2D eigenvalue weighted by Crippen LogP contribution is 2.29. The second-order valence-electron chi connectivity index (χ2n) is 7.45. The van der Waals surface area contributed by atoms with Crippen LogP contribution in [0.1, 0.15) is 30.3 Å². The molecule has 2 heterocycles. The second kappa shape index (κ2) is 10.1. The third kappa shape index (κ3) is 6.06. The van der Waals surface area contributed by atoms with E-state index in [1.807, 2.05) is 16.4 Å². The Balaban J connectivity index is 1.64. The Morgan fingerprint density at radius 1 is 1.23 bits per heavy atom. The van der Waals surface area contributed by atoms with E-state index >= 15 is 0 Å². The van der Waals surface area contributed by atoms with E-state index in [1.54, 1.807) is 12.4 Å². The van der Waals surface area contributed by atoms with E-state index in [0.29, 0.717) is 31.9 Å². The van der Waals surface area contributed by atoms with Crippen molar-refractivity contribution in [3.05, 3.63) is 53.6 Å². The van der Waals surface area contributed by atoms with Crippen molar-refractivity contribution in [2.24, 2.45) is 0 Å². The van der Waals surface area contributed by atoms with Gasteiger partial charge < -0.3 is 19.1 Å². The van der Waals surface area contributed by atoms with Crippen LogP contribution in [-0.4, -0.2) is 59.8 Å². The number of aromatic nitrogens is 2. The molecule has 1 aliphatic rings. The summed E-state index contributed by atoms with van der Waals surface area (Å²) in [6.07, 6.45) is -0.490. The van der Waals surface area contributed by atoms with Crippen LogP contribution in [0.4, 0.5) is 13.2 Å². The average Bonchev–Trinajstić information content (AvgIpc) is 3.17. The number of ether oxygens (including phenoxy) is 1. The number of morpholine rings is 1. The van der Waals surface area contributed by atoms with Crippen LogP contribution in [0.25, 0.3) is 0 Å². The summed E-state index contributed by atoms with van der Waals surface area (Å²) < 4.78 is 45.5. The van der Waals surface area contributed by atoms with Crippen molar-refractivity contribution >= 4 is 5.91 Å². The first kappa shape index (κ1) is 22.3. The summed E-state index contributed by atoms with van der Waals surface area (Å²) in [6.45, 7) is 7.48. The Kier molecular flexibility index (Phi) is 7.49. The first-order valence-corrected chi connectivity index (χ1v) is 10.2. The molecule has 1 aromatic carbocycles. The number of imidazole rings is 1. The van der Waals surface area contributed by atoms with Gasteiger partial charge in [-0.25, -0.2) is 4.98 Å². The third-order valence-electron chi connectivity index (χ3n) is 5.36. The number of hydrogen-bond acceptors (Lipinski definition) is 3. The Bertz CT molecular complexity index is 814. The van der Waals surface area contributed by atoms with Crippen LogP contribution in [0, 0.1) is 0 Å². The number of amides is 1. The Hall–Kier alpha value is -2.39.